The number of halogens is 1. The van der Waals surface area contributed by atoms with E-state index in [-0.39, 0.29) is 11.7 Å². The molecule has 0 aliphatic rings. The third-order valence-electron chi connectivity index (χ3n) is 2.21. The average Bonchev–Trinajstić information content (AvgIpc) is 2.78. The minimum absolute atomic E-state index is 0.237. The summed E-state index contributed by atoms with van der Waals surface area (Å²) in [6.07, 6.45) is 1.53. The van der Waals surface area contributed by atoms with E-state index < -0.39 is 0 Å². The number of amides is 1. The molecular formula is C13H11ClN2O2. The summed E-state index contributed by atoms with van der Waals surface area (Å²) in [5.41, 5.74) is 3.22. The first-order chi connectivity index (χ1) is 8.65. The molecule has 1 N–H and O–H groups in total. The van der Waals surface area contributed by atoms with Gasteiger partial charge in [-0.3, -0.25) is 4.79 Å². The van der Waals surface area contributed by atoms with Crippen LogP contribution in [0.5, 0.6) is 0 Å². The smallest absolute Gasteiger partial charge is 0.307 e. The fourth-order valence-electron chi connectivity index (χ4n) is 1.33. The summed E-state index contributed by atoms with van der Waals surface area (Å²) in [6, 6.07) is 10.4. The summed E-state index contributed by atoms with van der Waals surface area (Å²) in [7, 11) is 0. The molecule has 0 unspecified atom stereocenters. The maximum Gasteiger partial charge on any atom is 0.307 e. The van der Waals surface area contributed by atoms with Gasteiger partial charge in [-0.05, 0) is 36.8 Å². The quantitative estimate of drug-likeness (QED) is 0.683. The fourth-order valence-corrected chi connectivity index (χ4v) is 1.45. The van der Waals surface area contributed by atoms with E-state index in [0.29, 0.717) is 10.8 Å². The Labute approximate surface area is 109 Å². The van der Waals surface area contributed by atoms with E-state index in [0.717, 1.165) is 5.56 Å². The van der Waals surface area contributed by atoms with Crippen molar-refractivity contribution < 1.29 is 9.21 Å². The van der Waals surface area contributed by atoms with Crippen LogP contribution >= 0.6 is 11.6 Å². The molecule has 92 valence electrons. The van der Waals surface area contributed by atoms with E-state index in [1.54, 1.807) is 43.3 Å². The second-order valence-corrected chi connectivity index (χ2v) is 4.10. The van der Waals surface area contributed by atoms with Crippen LogP contribution in [0.25, 0.3) is 0 Å². The first-order valence-corrected chi connectivity index (χ1v) is 5.68. The predicted octanol–water partition coefficient (Wildman–Crippen LogP) is 3.01. The molecule has 0 spiro atoms. The summed E-state index contributed by atoms with van der Waals surface area (Å²) in [5.74, 6) is 0.538. The largest absolute Gasteiger partial charge is 0.456 e. The number of carbonyl (C=O) groups is 1. The van der Waals surface area contributed by atoms with Crippen molar-refractivity contribution in [3.8, 4) is 0 Å². The van der Waals surface area contributed by atoms with Crippen molar-refractivity contribution in [2.45, 2.75) is 6.92 Å². The summed E-state index contributed by atoms with van der Waals surface area (Å²) in [6.45, 7) is 1.77. The van der Waals surface area contributed by atoms with Gasteiger partial charge in [-0.25, -0.2) is 5.43 Å². The molecule has 1 aromatic carbocycles. The highest BCUT2D eigenvalue weighted by molar-refractivity contribution is 6.30. The maximum atomic E-state index is 11.6. The van der Waals surface area contributed by atoms with Crippen LogP contribution < -0.4 is 5.43 Å². The van der Waals surface area contributed by atoms with Crippen LogP contribution in [0.1, 0.15) is 21.9 Å². The molecular weight excluding hydrogens is 252 g/mol. The van der Waals surface area contributed by atoms with Gasteiger partial charge in [0.05, 0.1) is 6.21 Å². The number of aryl methyl sites for hydroxylation is 1. The van der Waals surface area contributed by atoms with Crippen LogP contribution in [0.3, 0.4) is 0 Å². The first-order valence-electron chi connectivity index (χ1n) is 5.30. The van der Waals surface area contributed by atoms with Crippen LogP contribution in [0.15, 0.2) is 45.9 Å². The van der Waals surface area contributed by atoms with Crippen molar-refractivity contribution in [3.05, 3.63) is 58.5 Å². The second kappa shape index (κ2) is 5.51. The normalized spacial score (nSPS) is 10.8. The van der Waals surface area contributed by atoms with Gasteiger partial charge in [0.25, 0.3) is 0 Å². The van der Waals surface area contributed by atoms with Gasteiger partial charge in [-0.15, -0.1) is 0 Å². The van der Waals surface area contributed by atoms with Crippen molar-refractivity contribution in [1.82, 2.24) is 5.43 Å². The number of furan rings is 1. The van der Waals surface area contributed by atoms with Gasteiger partial charge in [0, 0.05) is 5.02 Å². The van der Waals surface area contributed by atoms with Gasteiger partial charge in [-0.2, -0.15) is 5.10 Å². The van der Waals surface area contributed by atoms with Gasteiger partial charge < -0.3 is 4.42 Å². The van der Waals surface area contributed by atoms with Crippen molar-refractivity contribution in [2.75, 3.05) is 0 Å². The Kier molecular flexibility index (Phi) is 3.79. The number of hydrazone groups is 1. The van der Waals surface area contributed by atoms with Crippen LogP contribution in [-0.4, -0.2) is 12.1 Å². The van der Waals surface area contributed by atoms with E-state index >= 15 is 0 Å². The van der Waals surface area contributed by atoms with Crippen LogP contribution in [0, 0.1) is 6.92 Å². The van der Waals surface area contributed by atoms with Gasteiger partial charge in [0.1, 0.15) is 5.76 Å². The number of rotatable bonds is 3. The molecule has 18 heavy (non-hydrogen) atoms. The van der Waals surface area contributed by atoms with Gasteiger partial charge in [0.15, 0.2) is 5.76 Å². The molecule has 1 aromatic heterocycles. The van der Waals surface area contributed by atoms with Gasteiger partial charge in [-0.1, -0.05) is 23.7 Å². The van der Waals surface area contributed by atoms with E-state index in [4.69, 9.17) is 16.0 Å². The summed E-state index contributed by atoms with van der Waals surface area (Å²) < 4.78 is 5.16. The number of benzene rings is 1. The van der Waals surface area contributed by atoms with Crippen LogP contribution in [0.4, 0.5) is 0 Å². The van der Waals surface area contributed by atoms with Crippen molar-refractivity contribution >= 4 is 23.7 Å². The molecule has 2 rings (SSSR count). The van der Waals surface area contributed by atoms with E-state index in [1.807, 2.05) is 0 Å². The first kappa shape index (κ1) is 12.4. The Morgan fingerprint density at radius 1 is 1.28 bits per heavy atom. The molecule has 0 radical (unpaired) electrons. The lowest BCUT2D eigenvalue weighted by Crippen LogP contribution is -2.16. The van der Waals surface area contributed by atoms with Crippen LogP contribution in [0.2, 0.25) is 5.02 Å². The second-order valence-electron chi connectivity index (χ2n) is 3.66. The lowest BCUT2D eigenvalue weighted by atomic mass is 10.2. The molecule has 0 atom stereocenters. The van der Waals surface area contributed by atoms with Crippen molar-refractivity contribution in [3.63, 3.8) is 0 Å². The standard InChI is InChI=1S/C13H11ClN2O2/c1-9-2-7-12(18-9)13(17)16-15-8-10-3-5-11(14)6-4-10/h2-8H,1H3,(H,16,17). The topological polar surface area (TPSA) is 54.6 Å². The zero-order valence-corrected chi connectivity index (χ0v) is 10.4. The van der Waals surface area contributed by atoms with E-state index in [1.165, 1.54) is 6.21 Å². The zero-order chi connectivity index (χ0) is 13.0. The Bertz CT molecular complexity index is 573. The fraction of sp³-hybridized carbons (Fsp3) is 0.0769. The Balaban J connectivity index is 1.95. The summed E-state index contributed by atoms with van der Waals surface area (Å²) in [5, 5.41) is 4.48. The Morgan fingerprint density at radius 3 is 2.61 bits per heavy atom. The molecule has 1 amide bonds. The predicted molar refractivity (Wildman–Crippen MR) is 70.0 cm³/mol. The van der Waals surface area contributed by atoms with Gasteiger partial charge >= 0.3 is 5.91 Å². The lowest BCUT2D eigenvalue weighted by Gasteiger charge is -1.96. The van der Waals surface area contributed by atoms with Crippen LogP contribution in [-0.2, 0) is 0 Å². The van der Waals surface area contributed by atoms with E-state index in [9.17, 15) is 4.79 Å². The zero-order valence-electron chi connectivity index (χ0n) is 9.68. The van der Waals surface area contributed by atoms with Crippen molar-refractivity contribution in [2.24, 2.45) is 5.10 Å². The average molecular weight is 263 g/mol. The molecule has 2 aromatic rings. The summed E-state index contributed by atoms with van der Waals surface area (Å²) >= 11 is 5.75. The number of nitrogens with zero attached hydrogens (tertiary/aromatic N) is 1. The molecule has 5 heteroatoms. The summed E-state index contributed by atoms with van der Waals surface area (Å²) in [4.78, 5) is 11.6. The third-order valence-corrected chi connectivity index (χ3v) is 2.47. The number of carbonyl (C=O) groups excluding carboxylic acids is 1. The molecule has 0 saturated carbocycles. The molecule has 4 nitrogen and oxygen atoms in total. The molecule has 0 aliphatic carbocycles. The minimum atomic E-state index is -0.381. The SMILES string of the molecule is Cc1ccc(C(=O)NN=Cc2ccc(Cl)cc2)o1. The monoisotopic (exact) mass is 262 g/mol. The number of hydrogen-bond donors (Lipinski definition) is 1. The molecule has 1 heterocycles. The Morgan fingerprint density at radius 2 is 2.00 bits per heavy atom. The van der Waals surface area contributed by atoms with E-state index in [2.05, 4.69) is 10.5 Å². The molecule has 0 fully saturated rings. The van der Waals surface area contributed by atoms with Gasteiger partial charge in [0.2, 0.25) is 0 Å². The third kappa shape index (κ3) is 3.21. The highest BCUT2D eigenvalue weighted by Crippen LogP contribution is 2.08. The Hall–Kier alpha value is -2.07. The van der Waals surface area contributed by atoms with Crippen molar-refractivity contribution in [1.29, 1.82) is 0 Å². The molecule has 0 saturated heterocycles. The minimum Gasteiger partial charge on any atom is -0.456 e. The maximum absolute atomic E-state index is 11.6. The molecule has 0 aliphatic heterocycles. The number of nitrogens with one attached hydrogen (secondary N) is 1. The highest BCUT2D eigenvalue weighted by Gasteiger charge is 2.07. The number of hydrogen-bond acceptors (Lipinski definition) is 3. The lowest BCUT2D eigenvalue weighted by molar-refractivity contribution is 0.0926. The highest BCUT2D eigenvalue weighted by atomic mass is 35.5. The molecule has 0 bridgehead atoms.